The van der Waals surface area contributed by atoms with Crippen LogP contribution < -0.4 is 14.6 Å². The van der Waals surface area contributed by atoms with Gasteiger partial charge in [0.15, 0.2) is 0 Å². The third-order valence-corrected chi connectivity index (χ3v) is 2.97. The summed E-state index contributed by atoms with van der Waals surface area (Å²) in [6.45, 7) is 0. The first-order valence-electron chi connectivity index (χ1n) is 5.01. The van der Waals surface area contributed by atoms with Crippen molar-refractivity contribution in [2.45, 2.75) is 0 Å². The van der Waals surface area contributed by atoms with Crippen LogP contribution in [0.4, 0.5) is 0 Å². The predicted molar refractivity (Wildman–Crippen MR) is 73.7 cm³/mol. The van der Waals surface area contributed by atoms with E-state index in [0.29, 0.717) is 0 Å². The third-order valence-electron chi connectivity index (χ3n) is 1.48. The van der Waals surface area contributed by atoms with E-state index < -0.39 is 20.0 Å². The van der Waals surface area contributed by atoms with Gasteiger partial charge in [0, 0.05) is 0 Å². The Morgan fingerprint density at radius 1 is 0.842 bits per heavy atom. The van der Waals surface area contributed by atoms with Crippen LogP contribution in [0.3, 0.4) is 0 Å². The zero-order valence-corrected chi connectivity index (χ0v) is 12.9. The summed E-state index contributed by atoms with van der Waals surface area (Å²) in [6.07, 6.45) is 2.21. The first-order valence-corrected chi connectivity index (χ1v) is 8.79. The Bertz CT molecular complexity index is 494. The SMILES string of the molecule is CNS(C)(=O)=O.CNS(C)(=O)=O.[O-]c1ccccc1. The quantitative estimate of drug-likeness (QED) is 0.733. The fourth-order valence-corrected chi connectivity index (χ4v) is 0.420. The van der Waals surface area contributed by atoms with E-state index in [1.165, 1.54) is 26.2 Å². The summed E-state index contributed by atoms with van der Waals surface area (Å²) in [5.74, 6) is 0.0718. The molecule has 0 aromatic heterocycles. The van der Waals surface area contributed by atoms with E-state index in [9.17, 15) is 21.9 Å². The van der Waals surface area contributed by atoms with Crippen molar-refractivity contribution < 1.29 is 21.9 Å². The lowest BCUT2D eigenvalue weighted by Crippen LogP contribution is -2.15. The molecular formula is C10H19N2O5S2-. The number of hydrogen-bond donors (Lipinski definition) is 2. The molecule has 0 unspecified atom stereocenters. The van der Waals surface area contributed by atoms with Crippen LogP contribution in [-0.4, -0.2) is 43.4 Å². The summed E-state index contributed by atoms with van der Waals surface area (Å²) >= 11 is 0. The van der Waals surface area contributed by atoms with Crippen LogP contribution in [0.15, 0.2) is 30.3 Å². The second-order valence-corrected chi connectivity index (χ2v) is 7.17. The van der Waals surface area contributed by atoms with Crippen molar-refractivity contribution in [2.75, 3.05) is 26.6 Å². The largest absolute Gasteiger partial charge is 0.872 e. The second kappa shape index (κ2) is 9.73. The zero-order chi connectivity index (χ0) is 15.5. The van der Waals surface area contributed by atoms with Gasteiger partial charge in [0.2, 0.25) is 20.0 Å². The maximum atomic E-state index is 10.3. The molecule has 0 aliphatic heterocycles. The molecule has 7 nitrogen and oxygen atoms in total. The number of nitrogens with one attached hydrogen (secondary N) is 2. The van der Waals surface area contributed by atoms with E-state index in [0.717, 1.165) is 12.5 Å². The van der Waals surface area contributed by atoms with E-state index in [4.69, 9.17) is 0 Å². The van der Waals surface area contributed by atoms with E-state index in [2.05, 4.69) is 9.44 Å². The van der Waals surface area contributed by atoms with Crippen LogP contribution in [0, 0.1) is 0 Å². The van der Waals surface area contributed by atoms with Crippen LogP contribution in [0.25, 0.3) is 0 Å². The van der Waals surface area contributed by atoms with Gasteiger partial charge in [0.1, 0.15) is 0 Å². The number of para-hydroxylation sites is 1. The van der Waals surface area contributed by atoms with Crippen molar-refractivity contribution in [1.29, 1.82) is 0 Å². The molecule has 2 N–H and O–H groups in total. The average molecular weight is 311 g/mol. The van der Waals surface area contributed by atoms with Crippen molar-refractivity contribution >= 4 is 20.0 Å². The van der Waals surface area contributed by atoms with Gasteiger partial charge in [0.05, 0.1) is 12.5 Å². The predicted octanol–water partition coefficient (Wildman–Crippen LogP) is -0.909. The van der Waals surface area contributed by atoms with Crippen molar-refractivity contribution in [3.8, 4) is 5.75 Å². The monoisotopic (exact) mass is 311 g/mol. The lowest BCUT2D eigenvalue weighted by atomic mass is 10.3. The first-order chi connectivity index (χ1) is 8.52. The molecule has 0 amide bonds. The molecule has 1 rings (SSSR count). The van der Waals surface area contributed by atoms with Crippen LogP contribution >= 0.6 is 0 Å². The molecule has 0 heterocycles. The van der Waals surface area contributed by atoms with E-state index in [-0.39, 0.29) is 5.75 Å². The second-order valence-electron chi connectivity index (χ2n) is 3.27. The van der Waals surface area contributed by atoms with Gasteiger partial charge in [0.25, 0.3) is 0 Å². The summed E-state index contributed by atoms with van der Waals surface area (Å²) in [5.41, 5.74) is 0. The lowest BCUT2D eigenvalue weighted by Gasteiger charge is -1.98. The molecule has 112 valence electrons. The number of rotatable bonds is 2. The van der Waals surface area contributed by atoms with Gasteiger partial charge in [-0.15, -0.1) is 5.75 Å². The Labute approximate surface area is 114 Å². The van der Waals surface area contributed by atoms with Crippen molar-refractivity contribution in [3.63, 3.8) is 0 Å². The Kier molecular flexibility index (Phi) is 10.3. The molecule has 0 saturated heterocycles. The van der Waals surface area contributed by atoms with Gasteiger partial charge in [-0.1, -0.05) is 30.3 Å². The highest BCUT2D eigenvalue weighted by Crippen LogP contribution is 1.98. The number of hydrogen-bond acceptors (Lipinski definition) is 5. The van der Waals surface area contributed by atoms with Crippen molar-refractivity contribution in [2.24, 2.45) is 0 Å². The minimum Gasteiger partial charge on any atom is -0.872 e. The number of sulfonamides is 2. The Morgan fingerprint density at radius 2 is 1.11 bits per heavy atom. The highest BCUT2D eigenvalue weighted by atomic mass is 32.2. The lowest BCUT2D eigenvalue weighted by molar-refractivity contribution is -0.268. The summed E-state index contributed by atoms with van der Waals surface area (Å²) < 4.78 is 43.7. The molecule has 1 aromatic rings. The molecule has 19 heavy (non-hydrogen) atoms. The molecule has 0 atom stereocenters. The smallest absolute Gasteiger partial charge is 0.208 e. The average Bonchev–Trinajstić information content (AvgIpc) is 2.30. The molecule has 9 heteroatoms. The highest BCUT2D eigenvalue weighted by Gasteiger charge is 1.88. The van der Waals surface area contributed by atoms with E-state index >= 15 is 0 Å². The fraction of sp³-hybridized carbons (Fsp3) is 0.400. The molecule has 0 aliphatic carbocycles. The maximum Gasteiger partial charge on any atom is 0.208 e. The minimum atomic E-state index is -2.91. The Balaban J connectivity index is 0. The van der Waals surface area contributed by atoms with Crippen LogP contribution in [-0.2, 0) is 20.0 Å². The van der Waals surface area contributed by atoms with Gasteiger partial charge in [-0.2, -0.15) is 0 Å². The van der Waals surface area contributed by atoms with E-state index in [1.807, 2.05) is 6.07 Å². The van der Waals surface area contributed by atoms with Crippen LogP contribution in [0.2, 0.25) is 0 Å². The molecule has 1 aromatic carbocycles. The van der Waals surface area contributed by atoms with Gasteiger partial charge >= 0.3 is 0 Å². The van der Waals surface area contributed by atoms with Gasteiger partial charge in [-0.05, 0) is 14.1 Å². The topological polar surface area (TPSA) is 115 Å². The first kappa shape index (κ1) is 20.2. The van der Waals surface area contributed by atoms with Crippen molar-refractivity contribution in [1.82, 2.24) is 9.44 Å². The molecule has 0 radical (unpaired) electrons. The summed E-state index contributed by atoms with van der Waals surface area (Å²) in [4.78, 5) is 0. The van der Waals surface area contributed by atoms with Gasteiger partial charge < -0.3 is 5.11 Å². The molecule has 0 aliphatic rings. The summed E-state index contributed by atoms with van der Waals surface area (Å²) in [7, 11) is -3.08. The van der Waals surface area contributed by atoms with Crippen molar-refractivity contribution in [3.05, 3.63) is 30.3 Å². The van der Waals surface area contributed by atoms with Crippen LogP contribution in [0.1, 0.15) is 0 Å². The number of benzene rings is 1. The van der Waals surface area contributed by atoms with Gasteiger partial charge in [-0.25, -0.2) is 26.3 Å². The standard InChI is InChI=1S/C6H6O.2C2H7NO2S/c7-6-4-2-1-3-5-6;2*1-3-6(2,4)5/h1-5,7H;2*3H,1-2H3/p-1. The Hall–Kier alpha value is -1.16. The molecular weight excluding hydrogens is 292 g/mol. The normalized spacial score (nSPS) is 10.5. The molecule has 0 fully saturated rings. The fourth-order valence-electron chi connectivity index (χ4n) is 0.420. The molecule has 0 spiro atoms. The Morgan fingerprint density at radius 3 is 1.21 bits per heavy atom. The summed E-state index contributed by atoms with van der Waals surface area (Å²) in [5, 5.41) is 10.3. The van der Waals surface area contributed by atoms with Gasteiger partial charge in [-0.3, -0.25) is 0 Å². The molecule has 0 saturated carbocycles. The maximum absolute atomic E-state index is 10.3. The third kappa shape index (κ3) is 22.5. The van der Waals surface area contributed by atoms with E-state index in [1.54, 1.807) is 12.1 Å². The highest BCUT2D eigenvalue weighted by molar-refractivity contribution is 7.88. The minimum absolute atomic E-state index is 0.0718. The van der Waals surface area contributed by atoms with Crippen LogP contribution in [0.5, 0.6) is 5.75 Å². The summed E-state index contributed by atoms with van der Waals surface area (Å²) in [6, 6.07) is 8.33. The zero-order valence-electron chi connectivity index (χ0n) is 11.2. The molecule has 0 bridgehead atoms.